The van der Waals surface area contributed by atoms with Gasteiger partial charge >= 0.3 is 78.2 Å². The molecule has 21 N–H and O–H groups in total. The van der Waals surface area contributed by atoms with Crippen LogP contribution in [-0.2, 0) is 183 Å². The van der Waals surface area contributed by atoms with Crippen LogP contribution < -0.4 is 0 Å². The maximum Gasteiger partial charge on any atom is 0.472 e. The molecular weight excluding hydrogens is 2020 g/mol. The number of aliphatic hydroxyl groups is 11. The first-order valence-electron chi connectivity index (χ1n) is 40.9. The van der Waals surface area contributed by atoms with Gasteiger partial charge in [-0.1, -0.05) is 0 Å². The van der Waals surface area contributed by atoms with Gasteiger partial charge in [-0.2, -0.15) is 0 Å². The minimum absolute atomic E-state index is 0.282. The summed E-state index contributed by atoms with van der Waals surface area (Å²) in [6.45, 7) is -9.43. The number of aliphatic hydroxyl groups excluding tert-OH is 11. The smallest absolute Gasteiger partial charge is 0.394 e. The zero-order valence-corrected chi connectivity index (χ0v) is 81.0. The Morgan fingerprint density at radius 2 is 0.293 bits per heavy atom. The lowest BCUT2D eigenvalue weighted by molar-refractivity contribution is -0.0468. The predicted octanol–water partition coefficient (Wildman–Crippen LogP) is -17.8. The molecule has 20 unspecified atom stereocenters. The van der Waals surface area contributed by atoms with Crippen molar-refractivity contribution in [3.05, 3.63) is 0 Å². The number of hydrogen-bond donors (Lipinski definition) is 21. The first-order valence-corrected chi connectivity index (χ1v) is 55.9. The molecule has 50 atom stereocenters. The summed E-state index contributed by atoms with van der Waals surface area (Å²) in [7, 11) is -41.3. The fourth-order valence-electron chi connectivity index (χ4n) is 15.4. The molecule has 0 aromatic heterocycles. The minimum Gasteiger partial charge on any atom is -0.394 e. The van der Waals surface area contributed by atoms with E-state index < -0.39 is 387 Å². The number of hydrogen-bond acceptors (Lipinski definition) is 51. The molecule has 10 heterocycles. The first-order chi connectivity index (χ1) is 61.4. The lowest BCUT2D eigenvalue weighted by atomic mass is 9.93. The van der Waals surface area contributed by atoms with Gasteiger partial charge in [-0.05, 0) is 6.92 Å². The first kappa shape index (κ1) is 116. The van der Waals surface area contributed by atoms with Crippen molar-refractivity contribution in [2.24, 2.45) is 0 Å². The summed E-state index contributed by atoms with van der Waals surface area (Å²) in [4.78, 5) is 108. The Bertz CT molecular complexity index is 4260. The maximum atomic E-state index is 13.7. The van der Waals surface area contributed by atoms with Crippen molar-refractivity contribution in [1.82, 2.24) is 0 Å². The molecule has 133 heavy (non-hydrogen) atoms. The van der Waals surface area contributed by atoms with Crippen molar-refractivity contribution in [3.8, 4) is 0 Å². The highest BCUT2D eigenvalue weighted by Crippen LogP contribution is 2.59. The third kappa shape index (κ3) is 31.0. The molecule has 81 heteroatoms. The van der Waals surface area contributed by atoms with Crippen LogP contribution in [0.4, 0.5) is 0 Å². The van der Waals surface area contributed by atoms with E-state index in [9.17, 15) is 151 Å². The molecule has 10 fully saturated rings. The molecule has 10 aliphatic rings. The van der Waals surface area contributed by atoms with Crippen LogP contribution in [0.15, 0.2) is 0 Å². The van der Waals surface area contributed by atoms with Gasteiger partial charge in [-0.25, -0.2) is 45.7 Å². The van der Waals surface area contributed by atoms with Gasteiger partial charge in [0.1, 0.15) is 262 Å². The van der Waals surface area contributed by atoms with Crippen molar-refractivity contribution in [2.75, 3.05) is 72.7 Å². The Morgan fingerprint density at radius 3 is 0.398 bits per heavy atom. The summed E-state index contributed by atoms with van der Waals surface area (Å²) in [5.74, 6) is 0. The van der Waals surface area contributed by atoms with E-state index in [4.69, 9.17) is 133 Å². The second-order valence-corrected chi connectivity index (χ2v) is 46.4. The number of phosphoric ester groups is 10. The Labute approximate surface area is 764 Å². The molecule has 0 saturated carbocycles. The zero-order chi connectivity index (χ0) is 99.1. The average Bonchev–Trinajstić information content (AvgIpc) is 1.64. The highest BCUT2D eigenvalue weighted by molar-refractivity contribution is 7.49. The topological polar surface area (TPSA) is 872 Å². The zero-order valence-electron chi connectivity index (χ0n) is 72.1. The standard InChI is InChI=1S/C52H106B10O61P10/c1-2-94-124(74,75)115-34-14(105-44(54)24(34)65)4-96-126(78,79)117-36-16(107-46(56)26(36)67)6-98-128(82,83)119-38-18(109-48(58)28(38)69)8-100-130(86,87)121-40-20(111-50(60)30(40)71)10-102-132(90,91)123-42-22(113-52(62)32(42)73)12-103-133(92,93)122-41-21(112-51(61)31(41)72)11-101-131(88,89)120-39-19(110-49(59)29(39)70)9-99-129(84,85)118-37-17(108-47(57)27(37)68)7-97-127(80,81)116-35-15(106-45(55)25(35)66)5-95-125(76,77)114-33-13(3-63)104-43(53)23(33)64/h13-52,63-73H,2-12,53-62H2,1H3,(H,74,75)(H,76,77)(H,78,79)(H,80,81)(H,82,83)(H,84,85)(H,86,87)(H,88,89)(H,90,91)(H,92,93)/t13-,14-,15-,16-,17-,18-,19-,20-,21-,22-,23+,24+,25+,26+,27+,28+,29+,30+,31+,32+,33+,34+,35+,36+,37+,38+,39+,40+,41+,42+,43?,44?,45?,46?,47?,48?,49?,50?,51?,52?/m1/s1. The molecule has 0 radical (unpaired) electrons. The van der Waals surface area contributed by atoms with Crippen molar-refractivity contribution in [2.45, 2.75) is 250 Å². The van der Waals surface area contributed by atoms with E-state index in [0.717, 1.165) is 0 Å². The lowest BCUT2D eigenvalue weighted by Gasteiger charge is -2.28. The van der Waals surface area contributed by atoms with Crippen LogP contribution in [0.25, 0.3) is 0 Å². The Hall–Kier alpha value is 0.909. The molecule has 0 bridgehead atoms. The molecule has 0 amide bonds. The second-order valence-electron chi connectivity index (χ2n) is 32.4. The van der Waals surface area contributed by atoms with E-state index in [1.165, 1.54) is 85.4 Å². The summed E-state index contributed by atoms with van der Waals surface area (Å²) in [6.07, 6.45) is -53.0. The molecule has 10 rings (SSSR count). The molecule has 0 aromatic carbocycles. The van der Waals surface area contributed by atoms with Crippen molar-refractivity contribution < 1.29 is 289 Å². The monoisotopic (exact) mass is 2130 g/mol. The number of phosphoric acid groups is 10. The van der Waals surface area contributed by atoms with Gasteiger partial charge < -0.3 is 152 Å². The van der Waals surface area contributed by atoms with E-state index in [1.54, 1.807) is 0 Å². The Balaban J connectivity index is 0.665. The fraction of sp³-hybridized carbons (Fsp3) is 1.00. The summed E-state index contributed by atoms with van der Waals surface area (Å²) >= 11 is 0. The van der Waals surface area contributed by atoms with Gasteiger partial charge in [0.15, 0.2) is 0 Å². The van der Waals surface area contributed by atoms with Gasteiger partial charge in [0.05, 0.1) is 133 Å². The number of rotatable bonds is 50. The van der Waals surface area contributed by atoms with Gasteiger partial charge in [0.2, 0.25) is 0 Å². The maximum absolute atomic E-state index is 13.7. The Kier molecular flexibility index (Phi) is 40.9. The minimum atomic E-state index is -5.58. The lowest BCUT2D eigenvalue weighted by Crippen LogP contribution is -2.39. The van der Waals surface area contributed by atoms with E-state index in [2.05, 4.69) is 4.52 Å². The molecule has 10 saturated heterocycles. The quantitative estimate of drug-likeness (QED) is 0.0199. The summed E-state index contributed by atoms with van der Waals surface area (Å²) in [6, 6.07) is -12.2. The summed E-state index contributed by atoms with van der Waals surface area (Å²) in [5.41, 5.74) is 0. The van der Waals surface area contributed by atoms with Crippen molar-refractivity contribution in [1.29, 1.82) is 0 Å². The molecule has 0 aliphatic carbocycles. The summed E-state index contributed by atoms with van der Waals surface area (Å²) in [5, 5.41) is 118. The van der Waals surface area contributed by atoms with E-state index in [0.29, 0.717) is 0 Å². The normalized spacial score (nSPS) is 45.1. The van der Waals surface area contributed by atoms with Crippen molar-refractivity contribution >= 4 is 157 Å². The van der Waals surface area contributed by atoms with E-state index in [1.807, 2.05) is 0 Å². The third-order valence-electron chi connectivity index (χ3n) is 22.4. The van der Waals surface area contributed by atoms with Crippen molar-refractivity contribution in [3.63, 3.8) is 0 Å². The molecule has 0 spiro atoms. The summed E-state index contributed by atoms with van der Waals surface area (Å²) < 4.78 is 291. The Morgan fingerprint density at radius 1 is 0.195 bits per heavy atom. The predicted molar refractivity (Wildman–Crippen MR) is 451 cm³/mol. The van der Waals surface area contributed by atoms with Gasteiger partial charge in [0, 0.05) is 0 Å². The van der Waals surface area contributed by atoms with Crippen LogP contribution in [0.5, 0.6) is 0 Å². The van der Waals surface area contributed by atoms with Crippen LogP contribution >= 0.6 is 78.2 Å². The van der Waals surface area contributed by atoms with Gasteiger partial charge in [-0.15, -0.1) is 0 Å². The average molecular weight is 2130 g/mol. The fourth-order valence-corrected chi connectivity index (χ4v) is 25.0. The van der Waals surface area contributed by atoms with E-state index in [-0.39, 0.29) is 6.61 Å². The van der Waals surface area contributed by atoms with Crippen LogP contribution in [0.1, 0.15) is 6.92 Å². The molecular formula is C52H106B10O61P10. The van der Waals surface area contributed by atoms with E-state index >= 15 is 0 Å². The largest absolute Gasteiger partial charge is 0.472 e. The van der Waals surface area contributed by atoms with Crippen LogP contribution in [0, 0.1) is 0 Å². The molecule has 10 aliphatic heterocycles. The van der Waals surface area contributed by atoms with Crippen LogP contribution in [-0.4, -0.2) is 499 Å². The molecule has 61 nitrogen and oxygen atoms in total. The van der Waals surface area contributed by atoms with Crippen LogP contribution in [0.2, 0.25) is 0 Å². The molecule has 760 valence electrons. The molecule has 0 aromatic rings. The van der Waals surface area contributed by atoms with Gasteiger partial charge in [0.25, 0.3) is 0 Å². The third-order valence-corrected chi connectivity index (χ3v) is 32.3. The second kappa shape index (κ2) is 47.0. The highest BCUT2D eigenvalue weighted by atomic mass is 31.2. The SMILES string of the molecule is BC1O[C@H](CO)[C@H](OP(=O)(O)OC[C@H]2OC(B)[C@@H](O)[C@H]2OP(=O)(O)OC[C@H]2OC(B)[C@@H](O)[C@H]2OP(=O)(O)OC[C@H]2OC(B)[C@@H](O)[C@H]2OP(=O)(O)OC[C@H]2OC(B)[C@@H](O)[C@H]2OP(=O)(O)OC[C@H]2OC(B)[C@@H](O)[C@H]2OP(=O)(O)OC[C@H]2OC(B)[C@@H](O)[C@H]2OP(=O)(O)OC[C@H]2OC(B)[C@@H](O)[C@H]2OP(=O)(O)OC[C@H]2OC(B)[C@@H](O)[C@H]2OP(=O)(O)OC[C@H]2OC(B)[C@@H](O)[C@H]2OP(=O)(O)OCC)[C@@H]1O. The highest BCUT2D eigenvalue weighted by Gasteiger charge is 2.59. The van der Waals surface area contributed by atoms with Gasteiger partial charge in [-0.3, -0.25) is 90.5 Å². The van der Waals surface area contributed by atoms with Crippen LogP contribution in [0.3, 0.4) is 0 Å². The number of ether oxygens (including phenoxy) is 10.